The zero-order chi connectivity index (χ0) is 30.7. The van der Waals surface area contributed by atoms with Crippen molar-refractivity contribution in [1.82, 2.24) is 15.2 Å². The predicted molar refractivity (Wildman–Crippen MR) is 155 cm³/mol. The molecule has 1 aliphatic carbocycles. The number of carbonyl (C=O) groups excluding carboxylic acids is 4. The van der Waals surface area contributed by atoms with Gasteiger partial charge in [0.2, 0.25) is 11.8 Å². The summed E-state index contributed by atoms with van der Waals surface area (Å²) in [6.45, 7) is 0.0900. The average Bonchev–Trinajstić information content (AvgIpc) is 3.54. The fourth-order valence-corrected chi connectivity index (χ4v) is 6.00. The van der Waals surface area contributed by atoms with Gasteiger partial charge >= 0.3 is 11.9 Å². The van der Waals surface area contributed by atoms with Gasteiger partial charge in [-0.3, -0.25) is 9.59 Å². The number of methoxy groups -OCH3 is 3. The Labute approximate surface area is 249 Å². The lowest BCUT2D eigenvalue weighted by atomic mass is 10.1. The Balaban J connectivity index is 1.46. The molecule has 0 spiro atoms. The Bertz CT molecular complexity index is 1440. The second-order valence-electron chi connectivity index (χ2n) is 11.3. The third kappa shape index (κ3) is 6.15. The standard InChI is InChI=1S/C31H38N4O8/c1-40-19-11-12-21-23(13-19)33-24(29(38)41-2)15-26(21)43-20-14-25-27(36)34-31(30(39)42-3)16-18(31)9-7-5-4-6-8-10-22(32)28(37)35(25)17-20/h7,9,11-13,15,18,20,22,25H,4-6,8,10,14,16-17,32H2,1-3H3,(H,34,36)/b9-7-/t18?,20-,22+,25+,31-/m1/s1. The van der Waals surface area contributed by atoms with Crippen LogP contribution >= 0.6 is 0 Å². The number of amides is 2. The molecule has 1 saturated heterocycles. The lowest BCUT2D eigenvalue weighted by Gasteiger charge is -2.28. The SMILES string of the molecule is COC(=O)c1cc(O[C@@H]2C[C@H]3C(=O)N[C@]4(C(=O)OC)CC4/C=C\CCCCC[C@H](N)C(=O)N3C2)c2ccc(OC)cc2n1. The van der Waals surface area contributed by atoms with Gasteiger partial charge in [0.25, 0.3) is 0 Å². The van der Waals surface area contributed by atoms with Crippen molar-refractivity contribution in [3.05, 3.63) is 42.1 Å². The molecule has 2 amide bonds. The van der Waals surface area contributed by atoms with Gasteiger partial charge in [-0.05, 0) is 37.8 Å². The number of aromatic nitrogens is 1. The number of ether oxygens (including phenoxy) is 4. The molecule has 1 saturated carbocycles. The molecule has 12 nitrogen and oxygen atoms in total. The van der Waals surface area contributed by atoms with E-state index in [9.17, 15) is 19.2 Å². The number of esters is 2. The Morgan fingerprint density at radius 2 is 1.91 bits per heavy atom. The van der Waals surface area contributed by atoms with E-state index in [1.54, 1.807) is 18.2 Å². The Kier molecular flexibility index (Phi) is 8.86. The van der Waals surface area contributed by atoms with Crippen molar-refractivity contribution in [3.8, 4) is 11.5 Å². The number of nitrogens with one attached hydrogen (secondary N) is 1. The minimum absolute atomic E-state index is 0.0368. The van der Waals surface area contributed by atoms with Crippen LogP contribution in [0.5, 0.6) is 11.5 Å². The van der Waals surface area contributed by atoms with E-state index >= 15 is 0 Å². The Morgan fingerprint density at radius 1 is 1.09 bits per heavy atom. The monoisotopic (exact) mass is 594 g/mol. The highest BCUT2D eigenvalue weighted by Gasteiger charge is 2.62. The van der Waals surface area contributed by atoms with Gasteiger partial charge in [-0.25, -0.2) is 14.6 Å². The van der Waals surface area contributed by atoms with E-state index in [1.165, 1.54) is 32.3 Å². The molecule has 1 unspecified atom stereocenters. The van der Waals surface area contributed by atoms with Crippen LogP contribution in [-0.4, -0.2) is 85.2 Å². The summed E-state index contributed by atoms with van der Waals surface area (Å²) >= 11 is 0. The molecule has 12 heteroatoms. The average molecular weight is 595 g/mol. The topological polar surface area (TPSA) is 159 Å². The summed E-state index contributed by atoms with van der Waals surface area (Å²) in [4.78, 5) is 58.5. The first kappa shape index (κ1) is 30.3. The van der Waals surface area contributed by atoms with Gasteiger partial charge in [0, 0.05) is 29.9 Å². The first-order chi connectivity index (χ1) is 20.7. The summed E-state index contributed by atoms with van der Waals surface area (Å²) in [6.07, 6.45) is 7.91. The summed E-state index contributed by atoms with van der Waals surface area (Å²) in [6, 6.07) is 4.97. The van der Waals surface area contributed by atoms with Crippen molar-refractivity contribution in [2.45, 2.75) is 68.7 Å². The normalized spacial score (nSPS) is 28.4. The minimum Gasteiger partial charge on any atom is -0.497 e. The summed E-state index contributed by atoms with van der Waals surface area (Å²) < 4.78 is 21.6. The number of benzene rings is 1. The third-order valence-electron chi connectivity index (χ3n) is 8.50. The van der Waals surface area contributed by atoms with E-state index in [0.717, 1.165) is 25.7 Å². The number of nitrogens with zero attached hydrogens (tertiary/aromatic N) is 2. The highest BCUT2D eigenvalue weighted by Crippen LogP contribution is 2.46. The molecule has 43 heavy (non-hydrogen) atoms. The number of nitrogens with two attached hydrogens (primary N) is 1. The van der Waals surface area contributed by atoms with Crippen LogP contribution in [0.2, 0.25) is 0 Å². The fourth-order valence-electron chi connectivity index (χ4n) is 6.00. The molecule has 5 atom stereocenters. The molecule has 2 aromatic rings. The van der Waals surface area contributed by atoms with Crippen LogP contribution in [0.1, 0.15) is 55.4 Å². The number of hydrogen-bond acceptors (Lipinski definition) is 10. The molecule has 2 fully saturated rings. The molecule has 0 radical (unpaired) electrons. The third-order valence-corrected chi connectivity index (χ3v) is 8.50. The highest BCUT2D eigenvalue weighted by molar-refractivity contribution is 5.96. The van der Waals surface area contributed by atoms with Gasteiger partial charge in [-0.15, -0.1) is 0 Å². The molecule has 230 valence electrons. The van der Waals surface area contributed by atoms with Gasteiger partial charge in [0.1, 0.15) is 29.2 Å². The van der Waals surface area contributed by atoms with E-state index in [4.69, 9.17) is 24.7 Å². The number of allylic oxidation sites excluding steroid dienone is 1. The van der Waals surface area contributed by atoms with E-state index < -0.39 is 41.6 Å². The quantitative estimate of drug-likeness (QED) is 0.388. The number of fused-ring (bicyclic) bond motifs is 3. The molecule has 2 aliphatic heterocycles. The van der Waals surface area contributed by atoms with Crippen LogP contribution in [-0.2, 0) is 23.9 Å². The summed E-state index contributed by atoms with van der Waals surface area (Å²) in [5.41, 5.74) is 5.65. The van der Waals surface area contributed by atoms with Crippen LogP contribution in [0.3, 0.4) is 0 Å². The van der Waals surface area contributed by atoms with E-state index in [1.807, 2.05) is 12.2 Å². The van der Waals surface area contributed by atoms with Gasteiger partial charge in [-0.1, -0.05) is 25.0 Å². The van der Waals surface area contributed by atoms with E-state index in [2.05, 4.69) is 10.3 Å². The Hall–Kier alpha value is -4.19. The highest BCUT2D eigenvalue weighted by atomic mass is 16.5. The Morgan fingerprint density at radius 3 is 2.65 bits per heavy atom. The van der Waals surface area contributed by atoms with Gasteiger partial charge in [0.15, 0.2) is 5.69 Å². The molecule has 1 aromatic carbocycles. The van der Waals surface area contributed by atoms with Crippen molar-refractivity contribution >= 4 is 34.7 Å². The molecule has 0 bridgehead atoms. The molecule has 3 heterocycles. The number of pyridine rings is 1. The second kappa shape index (κ2) is 12.6. The number of hydrogen-bond donors (Lipinski definition) is 2. The molecular weight excluding hydrogens is 556 g/mol. The molecule has 3 aliphatic rings. The molecule has 5 rings (SSSR count). The van der Waals surface area contributed by atoms with Crippen LogP contribution < -0.4 is 20.5 Å². The number of rotatable bonds is 5. The van der Waals surface area contributed by atoms with Crippen LogP contribution in [0.15, 0.2) is 36.4 Å². The van der Waals surface area contributed by atoms with Gasteiger partial charge < -0.3 is 34.9 Å². The summed E-state index contributed by atoms with van der Waals surface area (Å²) in [7, 11) is 4.08. The maximum Gasteiger partial charge on any atom is 0.356 e. The zero-order valence-corrected chi connectivity index (χ0v) is 24.7. The van der Waals surface area contributed by atoms with Crippen molar-refractivity contribution in [1.29, 1.82) is 0 Å². The van der Waals surface area contributed by atoms with Crippen LogP contribution in [0.25, 0.3) is 10.9 Å². The van der Waals surface area contributed by atoms with Crippen molar-refractivity contribution < 1.29 is 38.1 Å². The molecule has 1 aromatic heterocycles. The van der Waals surface area contributed by atoms with Crippen molar-refractivity contribution in [2.75, 3.05) is 27.9 Å². The van der Waals surface area contributed by atoms with E-state index in [0.29, 0.717) is 35.2 Å². The lowest BCUT2D eigenvalue weighted by Crippen LogP contribution is -2.55. The smallest absolute Gasteiger partial charge is 0.356 e. The molecule has 3 N–H and O–H groups in total. The maximum absolute atomic E-state index is 13.8. The van der Waals surface area contributed by atoms with E-state index in [-0.39, 0.29) is 30.5 Å². The maximum atomic E-state index is 13.8. The summed E-state index contributed by atoms with van der Waals surface area (Å²) in [5, 5.41) is 3.53. The second-order valence-corrected chi connectivity index (χ2v) is 11.3. The van der Waals surface area contributed by atoms with Crippen molar-refractivity contribution in [3.63, 3.8) is 0 Å². The van der Waals surface area contributed by atoms with Crippen molar-refractivity contribution in [2.24, 2.45) is 11.7 Å². The zero-order valence-electron chi connectivity index (χ0n) is 24.7. The molecular formula is C31H38N4O8. The van der Waals surface area contributed by atoms with Gasteiger partial charge in [0.05, 0.1) is 39.4 Å². The first-order valence-corrected chi connectivity index (χ1v) is 14.6. The minimum atomic E-state index is -1.17. The van der Waals surface area contributed by atoms with Crippen LogP contribution in [0.4, 0.5) is 0 Å². The number of carbonyl (C=O) groups is 4. The van der Waals surface area contributed by atoms with Crippen LogP contribution in [0, 0.1) is 5.92 Å². The largest absolute Gasteiger partial charge is 0.497 e. The predicted octanol–water partition coefficient (Wildman–Crippen LogP) is 2.27. The summed E-state index contributed by atoms with van der Waals surface area (Å²) in [5.74, 6) is -1.28. The van der Waals surface area contributed by atoms with Gasteiger partial charge in [-0.2, -0.15) is 0 Å². The fraction of sp³-hybridized carbons (Fsp3) is 0.516. The lowest BCUT2D eigenvalue weighted by molar-refractivity contribution is -0.148. The first-order valence-electron chi connectivity index (χ1n) is 14.6.